The number of hydrogen-bond donors (Lipinski definition) is 7. The number of rotatable bonds is 14. The summed E-state index contributed by atoms with van der Waals surface area (Å²) in [7, 11) is -18.7. The second-order valence-corrected chi connectivity index (χ2v) is 17.6. The van der Waals surface area contributed by atoms with E-state index in [1.807, 2.05) is 0 Å². The van der Waals surface area contributed by atoms with Gasteiger partial charge in [-0.25, -0.2) is 22.1 Å². The number of nitrogens with one attached hydrogen (secondary N) is 1. The van der Waals surface area contributed by atoms with Crippen LogP contribution in [0.4, 0.5) is 22.7 Å². The molecule has 4 aromatic carbocycles. The van der Waals surface area contributed by atoms with Crippen molar-refractivity contribution in [2.75, 3.05) is 12.4 Å². The number of aromatic amines is 1. The van der Waals surface area contributed by atoms with Crippen molar-refractivity contribution in [1.82, 2.24) is 9.78 Å². The predicted octanol–water partition coefficient (Wildman–Crippen LogP) is 4.04. The van der Waals surface area contributed by atoms with E-state index in [4.69, 9.17) is 4.55 Å². The number of aryl methyl sites for hydroxylation is 1. The number of hydrogen-bond acceptors (Lipinski definition) is 17. The number of aromatic hydroxyl groups is 2. The van der Waals surface area contributed by atoms with Gasteiger partial charge in [0.2, 0.25) is 0 Å². The summed E-state index contributed by atoms with van der Waals surface area (Å²) >= 11 is 0. The summed E-state index contributed by atoms with van der Waals surface area (Å²) < 4.78 is 127. The maximum absolute atomic E-state index is 13.2. The van der Waals surface area contributed by atoms with Gasteiger partial charge in [-0.1, -0.05) is 6.07 Å². The summed E-state index contributed by atoms with van der Waals surface area (Å²) in [4.78, 5) is 23.2. The molecule has 1 aromatic heterocycles. The lowest BCUT2D eigenvalue weighted by Crippen LogP contribution is -2.14. The Bertz CT molecular complexity index is 3030. The average molecular weight is 871 g/mol. The highest BCUT2D eigenvalue weighted by Gasteiger charge is 2.25. The molecular formula is C30H26N6O17S4. The van der Waals surface area contributed by atoms with Gasteiger partial charge in [-0.15, -0.1) is 15.3 Å². The number of benzene rings is 4. The lowest BCUT2D eigenvalue weighted by atomic mass is 10.1. The third-order valence-corrected chi connectivity index (χ3v) is 11.8. The summed E-state index contributed by atoms with van der Waals surface area (Å²) in [5.41, 5.74) is -3.97. The van der Waals surface area contributed by atoms with Gasteiger partial charge in [0.05, 0.1) is 33.5 Å². The largest absolute Gasteiger partial charge is 0.506 e. The van der Waals surface area contributed by atoms with Crippen LogP contribution in [0.3, 0.4) is 0 Å². The Kier molecular flexibility index (Phi) is 11.5. The second-order valence-electron chi connectivity index (χ2n) is 11.6. The van der Waals surface area contributed by atoms with Crippen molar-refractivity contribution in [3.05, 3.63) is 82.3 Å². The Morgan fingerprint density at radius 2 is 1.44 bits per heavy atom. The number of phenols is 2. The Hall–Kier alpha value is -5.94. The molecule has 0 bridgehead atoms. The van der Waals surface area contributed by atoms with Crippen molar-refractivity contribution in [2.24, 2.45) is 20.5 Å². The summed E-state index contributed by atoms with van der Waals surface area (Å²) in [6, 6.07) is 10.4. The minimum Gasteiger partial charge on any atom is -0.506 e. The maximum Gasteiger partial charge on any atom is 0.397 e. The first-order valence-electron chi connectivity index (χ1n) is 15.3. The van der Waals surface area contributed by atoms with E-state index in [-0.39, 0.29) is 34.1 Å². The molecule has 0 radical (unpaired) electrons. The molecule has 57 heavy (non-hydrogen) atoms. The number of carboxylic acids is 1. The second kappa shape index (κ2) is 15.5. The summed E-state index contributed by atoms with van der Waals surface area (Å²) in [5.74, 6) is -3.99. The molecule has 0 saturated heterocycles. The zero-order valence-electron chi connectivity index (χ0n) is 28.4. The normalized spacial score (nSPS) is 12.9. The highest BCUT2D eigenvalue weighted by molar-refractivity contribution is 7.91. The number of azo groups is 2. The molecule has 0 spiro atoms. The topological polar surface area (TPSA) is 371 Å². The molecule has 0 amide bonds. The standard InChI is InChI=1S/C30H26N6O17S4/c1-15-11-21(22(37)14-23(15)54(42,43)10-2-9-53-57(50,51)52)32-33-25-24(56(47,48)49)12-16-3-4-17(13-20(16)28(25)38)31-34-26-27(30(40)41)35-36(29(26)39)18-5-7-19(8-6-18)55(44,45)46/h3-8,11-14,35,37-38H,2,9-10H2,1H3,(H,40,41)(H,44,45,46)(H,47,48,49)(H,50,51,52). The van der Waals surface area contributed by atoms with Gasteiger partial charge < -0.3 is 15.3 Å². The van der Waals surface area contributed by atoms with Crippen LogP contribution in [0.5, 0.6) is 11.5 Å². The van der Waals surface area contributed by atoms with Gasteiger partial charge in [0.25, 0.3) is 25.8 Å². The predicted molar refractivity (Wildman–Crippen MR) is 194 cm³/mol. The molecule has 0 unspecified atom stereocenters. The molecule has 5 rings (SSSR count). The quantitative estimate of drug-likeness (QED) is 0.0470. The number of aromatic nitrogens is 2. The fourth-order valence-corrected chi connectivity index (χ4v) is 8.14. The molecular weight excluding hydrogens is 845 g/mol. The first-order valence-corrected chi connectivity index (χ1v) is 21.2. The van der Waals surface area contributed by atoms with Gasteiger partial charge in [-0.3, -0.25) is 23.6 Å². The Morgan fingerprint density at radius 1 is 0.789 bits per heavy atom. The van der Waals surface area contributed by atoms with Crippen LogP contribution in [0.15, 0.2) is 101 Å². The van der Waals surface area contributed by atoms with E-state index >= 15 is 0 Å². The lowest BCUT2D eigenvalue weighted by Gasteiger charge is -2.11. The molecule has 5 aromatic rings. The van der Waals surface area contributed by atoms with Gasteiger partial charge in [0, 0.05) is 11.5 Å². The van der Waals surface area contributed by atoms with E-state index in [0.29, 0.717) is 4.68 Å². The minimum atomic E-state index is -5.12. The summed E-state index contributed by atoms with van der Waals surface area (Å²) in [5, 5.41) is 48.6. The van der Waals surface area contributed by atoms with Crippen LogP contribution in [-0.2, 0) is 44.7 Å². The highest BCUT2D eigenvalue weighted by Crippen LogP contribution is 2.43. The minimum absolute atomic E-state index is 0.000444. The number of carbonyl (C=O) groups is 1. The van der Waals surface area contributed by atoms with E-state index in [1.165, 1.54) is 19.1 Å². The smallest absolute Gasteiger partial charge is 0.397 e. The zero-order valence-corrected chi connectivity index (χ0v) is 31.7. The molecule has 27 heteroatoms. The van der Waals surface area contributed by atoms with Crippen LogP contribution in [-0.4, -0.2) is 90.8 Å². The number of sulfone groups is 1. The Balaban J connectivity index is 1.51. The summed E-state index contributed by atoms with van der Waals surface area (Å²) in [6.07, 6.45) is -0.361. The molecule has 23 nitrogen and oxygen atoms in total. The van der Waals surface area contributed by atoms with E-state index in [1.54, 1.807) is 0 Å². The Morgan fingerprint density at radius 3 is 2.04 bits per heavy atom. The fourth-order valence-electron chi connectivity index (χ4n) is 5.12. The fraction of sp³-hybridized carbons (Fsp3) is 0.133. The van der Waals surface area contributed by atoms with Gasteiger partial charge in [0.1, 0.15) is 22.0 Å². The van der Waals surface area contributed by atoms with Crippen LogP contribution in [0.2, 0.25) is 0 Å². The van der Waals surface area contributed by atoms with E-state index < -0.39 is 113 Å². The maximum atomic E-state index is 13.2. The number of carboxylic acid groups (broad SMARTS) is 1. The first-order chi connectivity index (χ1) is 26.4. The molecule has 0 atom stereocenters. The van der Waals surface area contributed by atoms with Crippen molar-refractivity contribution in [1.29, 1.82) is 0 Å². The third-order valence-electron chi connectivity index (χ3n) is 7.71. The number of H-pyrrole nitrogens is 1. The molecule has 0 fully saturated rings. The SMILES string of the molecule is Cc1cc(N=Nc2c(S(=O)(=O)O)cc3ccc(N=Nc4c(C(=O)O)[nH]n(-c5ccc(S(=O)(=O)O)cc5)c4=O)cc3c2O)c(O)cc1S(=O)(=O)CCCOS(=O)(=O)O. The third kappa shape index (κ3) is 9.55. The Labute approximate surface area is 320 Å². The number of phenolic OH excluding ortho intramolecular Hbond substituents is 2. The van der Waals surface area contributed by atoms with Crippen molar-refractivity contribution >= 4 is 80.0 Å². The van der Waals surface area contributed by atoms with Gasteiger partial charge in [-0.2, -0.15) is 30.4 Å². The molecule has 0 saturated carbocycles. The molecule has 7 N–H and O–H groups in total. The molecule has 302 valence electrons. The lowest BCUT2D eigenvalue weighted by molar-refractivity contribution is 0.0690. The average Bonchev–Trinajstić information content (AvgIpc) is 3.44. The molecule has 0 aliphatic heterocycles. The van der Waals surface area contributed by atoms with E-state index in [2.05, 4.69) is 29.7 Å². The van der Waals surface area contributed by atoms with Crippen molar-refractivity contribution < 1.29 is 71.6 Å². The monoisotopic (exact) mass is 870 g/mol. The molecule has 0 aliphatic carbocycles. The van der Waals surface area contributed by atoms with Crippen LogP contribution in [0.1, 0.15) is 22.5 Å². The van der Waals surface area contributed by atoms with Crippen LogP contribution >= 0.6 is 0 Å². The van der Waals surface area contributed by atoms with Gasteiger partial charge >= 0.3 is 16.4 Å². The van der Waals surface area contributed by atoms with Crippen LogP contribution in [0.25, 0.3) is 16.5 Å². The molecule has 0 aliphatic rings. The van der Waals surface area contributed by atoms with Crippen molar-refractivity contribution in [3.8, 4) is 17.2 Å². The van der Waals surface area contributed by atoms with Gasteiger partial charge in [0.15, 0.2) is 27.0 Å². The van der Waals surface area contributed by atoms with Crippen LogP contribution in [0, 0.1) is 6.92 Å². The number of nitrogens with zero attached hydrogens (tertiary/aromatic N) is 5. The number of fused-ring (bicyclic) bond motifs is 1. The van der Waals surface area contributed by atoms with Crippen LogP contribution < -0.4 is 5.56 Å². The number of aromatic carboxylic acids is 1. The first kappa shape index (κ1) is 42.2. The van der Waals surface area contributed by atoms with E-state index in [9.17, 15) is 67.7 Å². The van der Waals surface area contributed by atoms with Crippen molar-refractivity contribution in [3.63, 3.8) is 0 Å². The summed E-state index contributed by atoms with van der Waals surface area (Å²) in [6.45, 7) is 0.644. The highest BCUT2D eigenvalue weighted by atomic mass is 32.3. The van der Waals surface area contributed by atoms with Crippen molar-refractivity contribution in [2.45, 2.75) is 28.0 Å². The van der Waals surface area contributed by atoms with Gasteiger partial charge in [-0.05, 0) is 72.8 Å². The molecule has 1 heterocycles. The zero-order chi connectivity index (χ0) is 42.2. The van der Waals surface area contributed by atoms with E-state index in [0.717, 1.165) is 48.5 Å².